The summed E-state index contributed by atoms with van der Waals surface area (Å²) in [6.07, 6.45) is 0.213. The second-order valence-corrected chi connectivity index (χ2v) is 7.68. The number of piperazine rings is 1. The van der Waals surface area contributed by atoms with Gasteiger partial charge in [0.2, 0.25) is 5.91 Å². The monoisotopic (exact) mass is 383 g/mol. The molecule has 150 valence electrons. The molecule has 0 radical (unpaired) electrons. The number of nitrogens with one attached hydrogen (secondary N) is 1. The van der Waals surface area contributed by atoms with Crippen molar-refractivity contribution in [2.24, 2.45) is 0 Å². The van der Waals surface area contributed by atoms with Crippen LogP contribution in [-0.2, 0) is 17.5 Å². The number of hydrogen-bond acceptors (Lipinski definition) is 3. The Hall–Kier alpha value is -1.60. The molecule has 7 heteroatoms. The van der Waals surface area contributed by atoms with Crippen LogP contribution in [0.2, 0.25) is 0 Å². The molecule has 1 aromatic rings. The van der Waals surface area contributed by atoms with Gasteiger partial charge in [-0.15, -0.1) is 0 Å². The standard InChI is InChI=1S/C20H28F3N3O/c1-15(19(27)24-18-7-2-3-8-18)26-11-9-25(10-12-26)14-16-5-4-6-17(13-16)20(21,22)23/h4-6,13,15,18H,2-3,7-12,14H2,1H3,(H,24,27). The molecule has 1 aromatic carbocycles. The molecule has 2 aliphatic rings. The van der Waals surface area contributed by atoms with E-state index in [-0.39, 0.29) is 11.9 Å². The molecule has 1 heterocycles. The van der Waals surface area contributed by atoms with E-state index in [1.165, 1.54) is 25.0 Å². The zero-order valence-electron chi connectivity index (χ0n) is 15.8. The second kappa shape index (κ2) is 8.61. The largest absolute Gasteiger partial charge is 0.416 e. The maximum absolute atomic E-state index is 12.8. The first kappa shape index (κ1) is 20.1. The van der Waals surface area contributed by atoms with Gasteiger partial charge in [-0.2, -0.15) is 13.2 Å². The molecule has 4 nitrogen and oxygen atoms in total. The van der Waals surface area contributed by atoms with E-state index < -0.39 is 11.7 Å². The van der Waals surface area contributed by atoms with Gasteiger partial charge in [-0.25, -0.2) is 0 Å². The number of rotatable bonds is 5. The van der Waals surface area contributed by atoms with Crippen molar-refractivity contribution in [2.45, 2.75) is 57.4 Å². The van der Waals surface area contributed by atoms with Crippen molar-refractivity contribution >= 4 is 5.91 Å². The first-order valence-corrected chi connectivity index (χ1v) is 9.76. The molecule has 1 N–H and O–H groups in total. The highest BCUT2D eigenvalue weighted by atomic mass is 19.4. The predicted octanol–water partition coefficient (Wildman–Crippen LogP) is 3.27. The lowest BCUT2D eigenvalue weighted by molar-refractivity contribution is -0.137. The summed E-state index contributed by atoms with van der Waals surface area (Å²) in [4.78, 5) is 16.7. The molecule has 1 aliphatic heterocycles. The van der Waals surface area contributed by atoms with Gasteiger partial charge in [-0.1, -0.05) is 31.0 Å². The van der Waals surface area contributed by atoms with Gasteiger partial charge in [0.05, 0.1) is 11.6 Å². The molecule has 0 spiro atoms. The summed E-state index contributed by atoms with van der Waals surface area (Å²) in [5, 5.41) is 3.15. The Balaban J connectivity index is 1.48. The van der Waals surface area contributed by atoms with Crippen molar-refractivity contribution in [1.82, 2.24) is 15.1 Å². The van der Waals surface area contributed by atoms with E-state index in [4.69, 9.17) is 0 Å². The fraction of sp³-hybridized carbons (Fsp3) is 0.650. The van der Waals surface area contributed by atoms with Crippen LogP contribution in [0.4, 0.5) is 13.2 Å². The third-order valence-electron chi connectivity index (χ3n) is 5.70. The van der Waals surface area contributed by atoms with Gasteiger partial charge in [0.25, 0.3) is 0 Å². The third-order valence-corrected chi connectivity index (χ3v) is 5.70. The van der Waals surface area contributed by atoms with Gasteiger partial charge in [0.1, 0.15) is 0 Å². The fourth-order valence-electron chi connectivity index (χ4n) is 3.97. The van der Waals surface area contributed by atoms with E-state index in [1.807, 2.05) is 6.92 Å². The van der Waals surface area contributed by atoms with Crippen LogP contribution in [0.3, 0.4) is 0 Å². The Kier molecular flexibility index (Phi) is 6.42. The molecule has 1 unspecified atom stereocenters. The Morgan fingerprint density at radius 1 is 1.19 bits per heavy atom. The zero-order chi connectivity index (χ0) is 19.4. The van der Waals surface area contributed by atoms with Gasteiger partial charge in [0, 0.05) is 38.8 Å². The van der Waals surface area contributed by atoms with Crippen molar-refractivity contribution in [3.8, 4) is 0 Å². The molecule has 27 heavy (non-hydrogen) atoms. The van der Waals surface area contributed by atoms with Crippen LogP contribution in [0.15, 0.2) is 24.3 Å². The van der Waals surface area contributed by atoms with E-state index in [2.05, 4.69) is 15.1 Å². The number of amides is 1. The lowest BCUT2D eigenvalue weighted by Gasteiger charge is -2.37. The van der Waals surface area contributed by atoms with Gasteiger partial charge >= 0.3 is 6.18 Å². The van der Waals surface area contributed by atoms with Gasteiger partial charge < -0.3 is 5.32 Å². The number of nitrogens with zero attached hydrogens (tertiary/aromatic N) is 2. The average Bonchev–Trinajstić information content (AvgIpc) is 3.14. The molecule has 1 atom stereocenters. The summed E-state index contributed by atoms with van der Waals surface area (Å²) >= 11 is 0. The molecule has 0 bridgehead atoms. The van der Waals surface area contributed by atoms with Crippen LogP contribution in [0.5, 0.6) is 0 Å². The maximum atomic E-state index is 12.8. The smallest absolute Gasteiger partial charge is 0.352 e. The molecule has 1 aliphatic carbocycles. The van der Waals surface area contributed by atoms with Crippen molar-refractivity contribution in [2.75, 3.05) is 26.2 Å². The first-order chi connectivity index (χ1) is 12.8. The van der Waals surface area contributed by atoms with E-state index in [1.54, 1.807) is 6.07 Å². The molecule has 1 saturated heterocycles. The van der Waals surface area contributed by atoms with Crippen molar-refractivity contribution in [3.63, 3.8) is 0 Å². The number of carbonyl (C=O) groups is 1. The highest BCUT2D eigenvalue weighted by Gasteiger charge is 2.31. The summed E-state index contributed by atoms with van der Waals surface area (Å²) in [5.41, 5.74) is 0.0705. The Bertz CT molecular complexity index is 636. The molecule has 1 amide bonds. The van der Waals surface area contributed by atoms with Crippen LogP contribution in [0.1, 0.15) is 43.7 Å². The van der Waals surface area contributed by atoms with Crippen LogP contribution in [-0.4, -0.2) is 54.0 Å². The average molecular weight is 383 g/mol. The normalized spacial score (nSPS) is 21.3. The molecule has 0 aromatic heterocycles. The van der Waals surface area contributed by atoms with E-state index in [9.17, 15) is 18.0 Å². The second-order valence-electron chi connectivity index (χ2n) is 7.68. The molecule has 1 saturated carbocycles. The minimum absolute atomic E-state index is 0.0910. The topological polar surface area (TPSA) is 35.6 Å². The Morgan fingerprint density at radius 2 is 1.85 bits per heavy atom. The van der Waals surface area contributed by atoms with E-state index in [0.29, 0.717) is 18.2 Å². The lowest BCUT2D eigenvalue weighted by atomic mass is 10.1. The van der Waals surface area contributed by atoms with Gasteiger partial charge in [0.15, 0.2) is 0 Å². The van der Waals surface area contributed by atoms with Gasteiger partial charge in [-0.05, 0) is 31.4 Å². The first-order valence-electron chi connectivity index (χ1n) is 9.76. The van der Waals surface area contributed by atoms with Crippen LogP contribution >= 0.6 is 0 Å². The number of carbonyl (C=O) groups excluding carboxylic acids is 1. The summed E-state index contributed by atoms with van der Waals surface area (Å²) in [7, 11) is 0. The summed E-state index contributed by atoms with van der Waals surface area (Å²) in [6, 6.07) is 5.68. The highest BCUT2D eigenvalue weighted by molar-refractivity contribution is 5.81. The minimum atomic E-state index is -4.31. The molecular weight excluding hydrogens is 355 g/mol. The number of hydrogen-bond donors (Lipinski definition) is 1. The zero-order valence-corrected chi connectivity index (χ0v) is 15.8. The minimum Gasteiger partial charge on any atom is -0.352 e. The van der Waals surface area contributed by atoms with Crippen molar-refractivity contribution < 1.29 is 18.0 Å². The van der Waals surface area contributed by atoms with E-state index in [0.717, 1.165) is 45.1 Å². The van der Waals surface area contributed by atoms with Crippen molar-refractivity contribution in [3.05, 3.63) is 35.4 Å². The Morgan fingerprint density at radius 3 is 2.48 bits per heavy atom. The summed E-state index contributed by atoms with van der Waals surface area (Å²) < 4.78 is 38.5. The van der Waals surface area contributed by atoms with Crippen LogP contribution in [0.25, 0.3) is 0 Å². The summed E-state index contributed by atoms with van der Waals surface area (Å²) in [5.74, 6) is 0.0910. The summed E-state index contributed by atoms with van der Waals surface area (Å²) in [6.45, 7) is 5.43. The highest BCUT2D eigenvalue weighted by Crippen LogP contribution is 2.29. The predicted molar refractivity (Wildman–Crippen MR) is 98.2 cm³/mol. The molecule has 3 rings (SSSR count). The van der Waals surface area contributed by atoms with Crippen LogP contribution in [0, 0.1) is 0 Å². The Labute approximate surface area is 158 Å². The quantitative estimate of drug-likeness (QED) is 0.848. The number of benzene rings is 1. The molecular formula is C20H28F3N3O. The number of alkyl halides is 3. The molecule has 2 fully saturated rings. The van der Waals surface area contributed by atoms with E-state index >= 15 is 0 Å². The van der Waals surface area contributed by atoms with Crippen molar-refractivity contribution in [1.29, 1.82) is 0 Å². The number of halogens is 3. The fourth-order valence-corrected chi connectivity index (χ4v) is 3.97. The third kappa shape index (κ3) is 5.45. The van der Waals surface area contributed by atoms with Crippen LogP contribution < -0.4 is 5.32 Å². The maximum Gasteiger partial charge on any atom is 0.416 e. The van der Waals surface area contributed by atoms with Gasteiger partial charge in [-0.3, -0.25) is 14.6 Å². The SMILES string of the molecule is CC(C(=O)NC1CCCC1)N1CCN(Cc2cccc(C(F)(F)F)c2)CC1. The lowest BCUT2D eigenvalue weighted by Crippen LogP contribution is -2.54.